The zero-order chi connectivity index (χ0) is 13.3. The standard InChI is InChI=1S/C14H26N2O2S/c17-19(18,11-9-15-13-7-8-13)16-10-3-6-14(16)12-4-1-2-5-12/h12-15H,1-11H2. The highest BCUT2D eigenvalue weighted by Gasteiger charge is 2.39. The molecule has 0 bridgehead atoms. The molecule has 3 fully saturated rings. The number of nitrogens with one attached hydrogen (secondary N) is 1. The maximum Gasteiger partial charge on any atom is 0.215 e. The Bertz CT molecular complexity index is 400. The molecule has 2 saturated carbocycles. The summed E-state index contributed by atoms with van der Waals surface area (Å²) in [4.78, 5) is 0. The minimum Gasteiger partial charge on any atom is -0.313 e. The summed E-state index contributed by atoms with van der Waals surface area (Å²) < 4.78 is 26.8. The molecule has 4 nitrogen and oxygen atoms in total. The van der Waals surface area contributed by atoms with Crippen molar-refractivity contribution in [3.05, 3.63) is 0 Å². The van der Waals surface area contributed by atoms with E-state index in [0.717, 1.165) is 19.4 Å². The molecule has 1 aliphatic heterocycles. The fourth-order valence-corrected chi connectivity index (χ4v) is 5.43. The van der Waals surface area contributed by atoms with Crippen LogP contribution in [0, 0.1) is 5.92 Å². The van der Waals surface area contributed by atoms with Crippen molar-refractivity contribution in [1.29, 1.82) is 0 Å². The van der Waals surface area contributed by atoms with E-state index in [1.165, 1.54) is 38.5 Å². The molecule has 1 atom stereocenters. The van der Waals surface area contributed by atoms with Crippen LogP contribution in [0.1, 0.15) is 51.4 Å². The molecular weight excluding hydrogens is 260 g/mol. The second-order valence-electron chi connectivity index (χ2n) is 6.41. The van der Waals surface area contributed by atoms with E-state index < -0.39 is 10.0 Å². The highest BCUT2D eigenvalue weighted by molar-refractivity contribution is 7.89. The lowest BCUT2D eigenvalue weighted by molar-refractivity contribution is 0.288. The predicted octanol–water partition coefficient (Wildman–Crippen LogP) is 1.72. The lowest BCUT2D eigenvalue weighted by Crippen LogP contribution is -2.42. The molecule has 2 aliphatic carbocycles. The van der Waals surface area contributed by atoms with Gasteiger partial charge in [-0.15, -0.1) is 0 Å². The van der Waals surface area contributed by atoms with E-state index in [2.05, 4.69) is 5.32 Å². The summed E-state index contributed by atoms with van der Waals surface area (Å²) >= 11 is 0. The van der Waals surface area contributed by atoms with E-state index in [-0.39, 0.29) is 5.75 Å². The maximum atomic E-state index is 12.5. The van der Waals surface area contributed by atoms with Crippen molar-refractivity contribution in [3.8, 4) is 0 Å². The highest BCUT2D eigenvalue weighted by atomic mass is 32.2. The number of sulfonamides is 1. The Morgan fingerprint density at radius 1 is 1.00 bits per heavy atom. The van der Waals surface area contributed by atoms with Crippen molar-refractivity contribution in [1.82, 2.24) is 9.62 Å². The highest BCUT2D eigenvalue weighted by Crippen LogP contribution is 2.36. The molecule has 5 heteroatoms. The van der Waals surface area contributed by atoms with Crippen molar-refractivity contribution in [3.63, 3.8) is 0 Å². The molecule has 0 amide bonds. The second kappa shape index (κ2) is 5.70. The largest absolute Gasteiger partial charge is 0.313 e. The van der Waals surface area contributed by atoms with Crippen molar-refractivity contribution in [2.75, 3.05) is 18.8 Å². The van der Waals surface area contributed by atoms with Crippen LogP contribution in [0.2, 0.25) is 0 Å². The second-order valence-corrected chi connectivity index (χ2v) is 8.45. The number of rotatable bonds is 6. The predicted molar refractivity (Wildman–Crippen MR) is 76.5 cm³/mol. The molecule has 0 radical (unpaired) electrons. The molecule has 19 heavy (non-hydrogen) atoms. The minimum atomic E-state index is -3.04. The summed E-state index contributed by atoms with van der Waals surface area (Å²) in [5.74, 6) is 0.917. The molecule has 3 aliphatic rings. The van der Waals surface area contributed by atoms with E-state index in [1.807, 2.05) is 4.31 Å². The van der Waals surface area contributed by atoms with E-state index in [9.17, 15) is 8.42 Å². The molecule has 0 aromatic rings. The van der Waals surface area contributed by atoms with Gasteiger partial charge < -0.3 is 5.32 Å². The van der Waals surface area contributed by atoms with Crippen molar-refractivity contribution in [2.24, 2.45) is 5.92 Å². The Balaban J connectivity index is 1.57. The van der Waals surface area contributed by atoms with Gasteiger partial charge in [0.15, 0.2) is 0 Å². The van der Waals surface area contributed by atoms with Gasteiger partial charge in [-0.1, -0.05) is 12.8 Å². The Morgan fingerprint density at radius 3 is 2.42 bits per heavy atom. The average molecular weight is 286 g/mol. The van der Waals surface area contributed by atoms with Gasteiger partial charge in [-0.2, -0.15) is 4.31 Å². The minimum absolute atomic E-state index is 0.284. The summed E-state index contributed by atoms with van der Waals surface area (Å²) in [6.07, 6.45) is 9.62. The van der Waals surface area contributed by atoms with Crippen LogP contribution in [-0.4, -0.2) is 43.6 Å². The number of hydrogen-bond donors (Lipinski definition) is 1. The van der Waals surface area contributed by atoms with Gasteiger partial charge in [0, 0.05) is 25.2 Å². The van der Waals surface area contributed by atoms with E-state index in [4.69, 9.17) is 0 Å². The third-order valence-electron chi connectivity index (χ3n) is 4.92. The first-order valence-electron chi connectivity index (χ1n) is 7.90. The summed E-state index contributed by atoms with van der Waals surface area (Å²) in [5.41, 5.74) is 0. The quantitative estimate of drug-likeness (QED) is 0.809. The molecule has 1 heterocycles. The van der Waals surface area contributed by atoms with Gasteiger partial charge in [-0.05, 0) is 44.4 Å². The topological polar surface area (TPSA) is 49.4 Å². The third-order valence-corrected chi connectivity index (χ3v) is 6.81. The fourth-order valence-electron chi connectivity index (χ4n) is 3.72. The van der Waals surface area contributed by atoms with Crippen molar-refractivity contribution >= 4 is 10.0 Å². The first kappa shape index (κ1) is 13.8. The van der Waals surface area contributed by atoms with Crippen LogP contribution in [0.15, 0.2) is 0 Å². The normalized spacial score (nSPS) is 30.2. The van der Waals surface area contributed by atoms with Gasteiger partial charge in [0.05, 0.1) is 5.75 Å². The lowest BCUT2D eigenvalue weighted by atomic mass is 9.97. The summed E-state index contributed by atoms with van der Waals surface area (Å²) in [6.45, 7) is 1.38. The fraction of sp³-hybridized carbons (Fsp3) is 1.00. The average Bonchev–Trinajstić information content (AvgIpc) is 2.89. The monoisotopic (exact) mass is 286 g/mol. The van der Waals surface area contributed by atoms with Crippen LogP contribution in [-0.2, 0) is 10.0 Å². The molecular formula is C14H26N2O2S. The lowest BCUT2D eigenvalue weighted by Gasteiger charge is -2.28. The number of nitrogens with zero attached hydrogens (tertiary/aromatic N) is 1. The van der Waals surface area contributed by atoms with Crippen molar-refractivity contribution in [2.45, 2.75) is 63.5 Å². The summed E-state index contributed by atoms with van der Waals surface area (Å²) in [5, 5.41) is 3.31. The molecule has 0 aromatic carbocycles. The van der Waals surface area contributed by atoms with E-state index in [1.54, 1.807) is 0 Å². The van der Waals surface area contributed by atoms with E-state index in [0.29, 0.717) is 24.5 Å². The van der Waals surface area contributed by atoms with E-state index >= 15 is 0 Å². The van der Waals surface area contributed by atoms with Gasteiger partial charge >= 0.3 is 0 Å². The van der Waals surface area contributed by atoms with Crippen LogP contribution in [0.3, 0.4) is 0 Å². The Hall–Kier alpha value is -0.130. The summed E-state index contributed by atoms with van der Waals surface area (Å²) in [6, 6.07) is 0.910. The molecule has 0 spiro atoms. The first-order chi connectivity index (χ1) is 9.17. The van der Waals surface area contributed by atoms with Gasteiger partial charge in [0.1, 0.15) is 0 Å². The van der Waals surface area contributed by atoms with Crippen LogP contribution >= 0.6 is 0 Å². The molecule has 110 valence electrons. The first-order valence-corrected chi connectivity index (χ1v) is 9.50. The van der Waals surface area contributed by atoms with Gasteiger partial charge in [-0.3, -0.25) is 0 Å². The molecule has 0 aromatic heterocycles. The Labute approximate surface area is 117 Å². The number of hydrogen-bond acceptors (Lipinski definition) is 3. The summed E-state index contributed by atoms with van der Waals surface area (Å²) in [7, 11) is -3.04. The molecule has 1 unspecified atom stereocenters. The smallest absolute Gasteiger partial charge is 0.215 e. The van der Waals surface area contributed by atoms with Crippen molar-refractivity contribution < 1.29 is 8.42 Å². The Kier molecular flexibility index (Phi) is 4.15. The van der Waals surface area contributed by atoms with Crippen LogP contribution in [0.4, 0.5) is 0 Å². The SMILES string of the molecule is O=S(=O)(CCNC1CC1)N1CCCC1C1CCCC1. The molecule has 1 saturated heterocycles. The van der Waals surface area contributed by atoms with Crippen LogP contribution < -0.4 is 5.32 Å². The zero-order valence-electron chi connectivity index (χ0n) is 11.7. The van der Waals surface area contributed by atoms with Gasteiger partial charge in [0.25, 0.3) is 0 Å². The molecule has 1 N–H and O–H groups in total. The zero-order valence-corrected chi connectivity index (χ0v) is 12.5. The molecule has 3 rings (SSSR count). The maximum absolute atomic E-state index is 12.5. The Morgan fingerprint density at radius 2 is 1.74 bits per heavy atom. The van der Waals surface area contributed by atoms with Crippen LogP contribution in [0.5, 0.6) is 0 Å². The van der Waals surface area contributed by atoms with Gasteiger partial charge in [0.2, 0.25) is 10.0 Å². The van der Waals surface area contributed by atoms with Crippen LogP contribution in [0.25, 0.3) is 0 Å². The third kappa shape index (κ3) is 3.31. The van der Waals surface area contributed by atoms with Gasteiger partial charge in [-0.25, -0.2) is 8.42 Å².